The van der Waals surface area contributed by atoms with E-state index in [9.17, 15) is 0 Å². The first-order chi connectivity index (χ1) is 9.65. The Morgan fingerprint density at radius 2 is 2.30 bits per heavy atom. The van der Waals surface area contributed by atoms with Gasteiger partial charge in [-0.25, -0.2) is 0 Å². The summed E-state index contributed by atoms with van der Waals surface area (Å²) in [7, 11) is 0. The lowest BCUT2D eigenvalue weighted by atomic mass is 10.0. The number of nitrogens with one attached hydrogen (secondary N) is 1. The maximum absolute atomic E-state index is 7.53. The van der Waals surface area contributed by atoms with E-state index < -0.39 is 0 Å². The highest BCUT2D eigenvalue weighted by molar-refractivity contribution is 7.10. The Kier molecular flexibility index (Phi) is 3.59. The minimum absolute atomic E-state index is 0.138. The van der Waals surface area contributed by atoms with E-state index in [0.29, 0.717) is 6.04 Å². The molecule has 0 bridgehead atoms. The molecule has 0 spiro atoms. The van der Waals surface area contributed by atoms with Crippen molar-refractivity contribution < 1.29 is 0 Å². The number of thiophene rings is 1. The van der Waals surface area contributed by atoms with Crippen molar-refractivity contribution in [3.63, 3.8) is 0 Å². The minimum Gasteiger partial charge on any atom is -0.384 e. The van der Waals surface area contributed by atoms with Crippen molar-refractivity contribution in [2.24, 2.45) is 5.73 Å². The summed E-state index contributed by atoms with van der Waals surface area (Å²) >= 11 is 1.87. The maximum Gasteiger partial charge on any atom is 0.122 e. The summed E-state index contributed by atoms with van der Waals surface area (Å²) in [6.07, 6.45) is 1.14. The van der Waals surface area contributed by atoms with Gasteiger partial charge in [0.25, 0.3) is 0 Å². The molecule has 0 aliphatic carbocycles. The van der Waals surface area contributed by atoms with Crippen LogP contribution in [0.4, 0.5) is 0 Å². The molecule has 0 saturated carbocycles. The molecule has 1 unspecified atom stereocenters. The van der Waals surface area contributed by atoms with E-state index in [1.54, 1.807) is 0 Å². The molecule has 0 saturated heterocycles. The van der Waals surface area contributed by atoms with Gasteiger partial charge in [0.05, 0.1) is 0 Å². The van der Waals surface area contributed by atoms with E-state index in [0.717, 1.165) is 25.1 Å². The molecule has 3 nitrogen and oxygen atoms in total. The predicted molar refractivity (Wildman–Crippen MR) is 84.3 cm³/mol. The molecule has 1 aliphatic heterocycles. The lowest BCUT2D eigenvalue weighted by Gasteiger charge is -2.33. The summed E-state index contributed by atoms with van der Waals surface area (Å²) in [5.41, 5.74) is 9.07. The first kappa shape index (κ1) is 13.3. The van der Waals surface area contributed by atoms with Crippen LogP contribution < -0.4 is 5.73 Å². The minimum atomic E-state index is 0.138. The van der Waals surface area contributed by atoms with Crippen LogP contribution in [-0.2, 0) is 13.0 Å². The van der Waals surface area contributed by atoms with Gasteiger partial charge in [0, 0.05) is 29.6 Å². The van der Waals surface area contributed by atoms with Gasteiger partial charge in [0.15, 0.2) is 0 Å². The van der Waals surface area contributed by atoms with Crippen LogP contribution in [0.5, 0.6) is 0 Å². The Labute approximate surface area is 123 Å². The molecular formula is C16H19N3S. The van der Waals surface area contributed by atoms with Gasteiger partial charge >= 0.3 is 0 Å². The van der Waals surface area contributed by atoms with Gasteiger partial charge in [-0.2, -0.15) is 0 Å². The summed E-state index contributed by atoms with van der Waals surface area (Å²) in [6, 6.07) is 10.7. The van der Waals surface area contributed by atoms with Crippen molar-refractivity contribution in [1.82, 2.24) is 4.90 Å². The van der Waals surface area contributed by atoms with Crippen LogP contribution in [0.3, 0.4) is 0 Å². The molecule has 1 atom stereocenters. The van der Waals surface area contributed by atoms with Crippen molar-refractivity contribution in [3.05, 3.63) is 57.3 Å². The van der Waals surface area contributed by atoms with Crippen LogP contribution in [0.2, 0.25) is 0 Å². The first-order valence-electron chi connectivity index (χ1n) is 6.89. The third-order valence-corrected chi connectivity index (χ3v) is 5.02. The Morgan fingerprint density at radius 1 is 1.45 bits per heavy atom. The van der Waals surface area contributed by atoms with Gasteiger partial charge in [-0.15, -0.1) is 11.3 Å². The fraction of sp³-hybridized carbons (Fsp3) is 0.312. The van der Waals surface area contributed by atoms with Crippen molar-refractivity contribution in [2.45, 2.75) is 25.9 Å². The molecule has 0 radical (unpaired) electrons. The third-order valence-electron chi connectivity index (χ3n) is 4.03. The lowest BCUT2D eigenvalue weighted by molar-refractivity contribution is 0.191. The largest absolute Gasteiger partial charge is 0.384 e. The van der Waals surface area contributed by atoms with Crippen LogP contribution in [0, 0.1) is 5.41 Å². The van der Waals surface area contributed by atoms with Gasteiger partial charge in [-0.3, -0.25) is 10.3 Å². The molecular weight excluding hydrogens is 266 g/mol. The fourth-order valence-corrected chi connectivity index (χ4v) is 3.81. The second-order valence-electron chi connectivity index (χ2n) is 5.31. The highest BCUT2D eigenvalue weighted by Crippen LogP contribution is 2.33. The van der Waals surface area contributed by atoms with Crippen molar-refractivity contribution in [2.75, 3.05) is 6.54 Å². The number of amidine groups is 1. The number of benzene rings is 1. The van der Waals surface area contributed by atoms with Crippen LogP contribution >= 0.6 is 11.3 Å². The molecule has 2 heterocycles. The van der Waals surface area contributed by atoms with Gasteiger partial charge in [-0.05, 0) is 42.0 Å². The molecule has 1 aromatic carbocycles. The van der Waals surface area contributed by atoms with E-state index in [1.165, 1.54) is 16.0 Å². The second kappa shape index (κ2) is 5.38. The average Bonchev–Trinajstić information content (AvgIpc) is 2.91. The quantitative estimate of drug-likeness (QED) is 0.672. The SMILES string of the molecule is CC1c2ccsc2CCN1Cc1cccc(C(=N)N)c1. The normalized spacial score (nSPS) is 18.8. The summed E-state index contributed by atoms with van der Waals surface area (Å²) in [4.78, 5) is 4.03. The monoisotopic (exact) mass is 285 g/mol. The predicted octanol–water partition coefficient (Wildman–Crippen LogP) is 3.15. The number of nitrogens with two attached hydrogens (primary N) is 1. The lowest BCUT2D eigenvalue weighted by Crippen LogP contribution is -2.32. The molecule has 3 rings (SSSR count). The zero-order valence-electron chi connectivity index (χ0n) is 11.6. The number of hydrogen-bond acceptors (Lipinski definition) is 3. The molecule has 3 N–H and O–H groups in total. The zero-order valence-corrected chi connectivity index (χ0v) is 12.4. The Balaban J connectivity index is 1.79. The van der Waals surface area contributed by atoms with Crippen molar-refractivity contribution in [1.29, 1.82) is 5.41 Å². The first-order valence-corrected chi connectivity index (χ1v) is 7.77. The summed E-state index contributed by atoms with van der Waals surface area (Å²) in [6.45, 7) is 4.29. The molecule has 1 aliphatic rings. The van der Waals surface area contributed by atoms with Gasteiger partial charge < -0.3 is 5.73 Å². The number of rotatable bonds is 3. The Morgan fingerprint density at radius 3 is 3.10 bits per heavy atom. The highest BCUT2D eigenvalue weighted by Gasteiger charge is 2.24. The van der Waals surface area contributed by atoms with Crippen LogP contribution in [0.1, 0.15) is 34.5 Å². The van der Waals surface area contributed by atoms with Gasteiger partial charge in [-0.1, -0.05) is 18.2 Å². The number of hydrogen-bond donors (Lipinski definition) is 2. The Bertz CT molecular complexity index is 632. The van der Waals surface area contributed by atoms with Crippen LogP contribution in [0.15, 0.2) is 35.7 Å². The van der Waals surface area contributed by atoms with Gasteiger partial charge in [0.1, 0.15) is 5.84 Å². The average molecular weight is 285 g/mol. The van der Waals surface area contributed by atoms with Crippen molar-refractivity contribution in [3.8, 4) is 0 Å². The second-order valence-corrected chi connectivity index (χ2v) is 6.31. The Hall–Kier alpha value is -1.65. The third kappa shape index (κ3) is 2.49. The van der Waals surface area contributed by atoms with E-state index in [2.05, 4.69) is 29.3 Å². The summed E-state index contributed by atoms with van der Waals surface area (Å²) in [5, 5.41) is 9.73. The molecule has 4 heteroatoms. The summed E-state index contributed by atoms with van der Waals surface area (Å²) < 4.78 is 0. The van der Waals surface area contributed by atoms with Crippen LogP contribution in [0.25, 0.3) is 0 Å². The molecule has 0 amide bonds. The van der Waals surface area contributed by atoms with E-state index in [-0.39, 0.29) is 5.84 Å². The standard InChI is InChI=1S/C16H19N3S/c1-11-14-6-8-20-15(14)5-7-19(11)10-12-3-2-4-13(9-12)16(17)18/h2-4,6,8-9,11H,5,7,10H2,1H3,(H3,17,18). The van der Waals surface area contributed by atoms with Gasteiger partial charge in [0.2, 0.25) is 0 Å². The number of nitrogens with zero attached hydrogens (tertiary/aromatic N) is 1. The molecule has 2 aromatic rings. The van der Waals surface area contributed by atoms with E-state index in [4.69, 9.17) is 11.1 Å². The number of fused-ring (bicyclic) bond motifs is 1. The number of nitrogen functional groups attached to an aromatic ring is 1. The fourth-order valence-electron chi connectivity index (χ4n) is 2.85. The molecule has 0 fully saturated rings. The zero-order chi connectivity index (χ0) is 14.1. The smallest absolute Gasteiger partial charge is 0.122 e. The molecule has 1 aromatic heterocycles. The topological polar surface area (TPSA) is 53.1 Å². The summed E-state index contributed by atoms with van der Waals surface area (Å²) in [5.74, 6) is 0.138. The molecule has 104 valence electrons. The molecule has 20 heavy (non-hydrogen) atoms. The van der Waals surface area contributed by atoms with E-state index >= 15 is 0 Å². The highest BCUT2D eigenvalue weighted by atomic mass is 32.1. The van der Waals surface area contributed by atoms with Crippen LogP contribution in [-0.4, -0.2) is 17.3 Å². The maximum atomic E-state index is 7.53. The van der Waals surface area contributed by atoms with Crippen molar-refractivity contribution >= 4 is 17.2 Å². The van der Waals surface area contributed by atoms with E-state index in [1.807, 2.05) is 29.5 Å².